The maximum atomic E-state index is 5.95. The third-order valence-electron chi connectivity index (χ3n) is 1.79. The molecule has 78 valence electrons. The number of rotatable bonds is 3. The maximum absolute atomic E-state index is 5.95. The predicted molar refractivity (Wildman–Crippen MR) is 59.7 cm³/mol. The normalized spacial score (nSPS) is 12.3. The van der Waals surface area contributed by atoms with E-state index in [1.807, 2.05) is 34.1 Å². The van der Waals surface area contributed by atoms with E-state index in [4.69, 9.17) is 11.6 Å². The van der Waals surface area contributed by atoms with Crippen molar-refractivity contribution in [3.05, 3.63) is 12.4 Å². The van der Waals surface area contributed by atoms with Crippen LogP contribution in [-0.2, 0) is 7.05 Å². The maximum Gasteiger partial charge on any atom is 0.129 e. The van der Waals surface area contributed by atoms with Crippen LogP contribution in [0.5, 0.6) is 0 Å². The topological polar surface area (TPSA) is 33.4 Å². The molecule has 0 unspecified atom stereocenters. The lowest BCUT2D eigenvalue weighted by Crippen LogP contribution is -2.12. The van der Waals surface area contributed by atoms with Gasteiger partial charge in [0.15, 0.2) is 0 Å². The number of hydrogen-bond acceptors (Lipinski definition) is 3. The van der Waals surface area contributed by atoms with Crippen LogP contribution in [0.25, 0.3) is 0 Å². The Morgan fingerprint density at radius 3 is 2.71 bits per heavy atom. The molecule has 0 amide bonds. The largest absolute Gasteiger partial charge is 0.274 e. The van der Waals surface area contributed by atoms with E-state index in [-0.39, 0.29) is 5.92 Å². The van der Waals surface area contributed by atoms with E-state index in [0.717, 1.165) is 5.69 Å². The molecule has 0 N–H and O–H groups in total. The molecular formula is C9H15ClN4. The fourth-order valence-corrected chi connectivity index (χ4v) is 1.01. The van der Waals surface area contributed by atoms with Gasteiger partial charge in [-0.3, -0.25) is 9.69 Å². The number of nitrogens with zero attached hydrogens (tertiary/aromatic N) is 4. The van der Waals surface area contributed by atoms with E-state index in [1.165, 1.54) is 0 Å². The highest BCUT2D eigenvalue weighted by molar-refractivity contribution is 6.65. The van der Waals surface area contributed by atoms with Gasteiger partial charge in [-0.1, -0.05) is 25.4 Å². The molecule has 0 saturated carbocycles. The summed E-state index contributed by atoms with van der Waals surface area (Å²) in [4.78, 5) is 0. The molecule has 0 saturated heterocycles. The van der Waals surface area contributed by atoms with Crippen LogP contribution < -0.4 is 5.01 Å². The molecule has 0 fully saturated rings. The molecule has 1 heterocycles. The van der Waals surface area contributed by atoms with Crippen LogP contribution in [0.1, 0.15) is 13.8 Å². The molecule has 0 radical (unpaired) electrons. The van der Waals surface area contributed by atoms with Crippen LogP contribution in [0.15, 0.2) is 17.5 Å². The van der Waals surface area contributed by atoms with Crippen molar-refractivity contribution in [3.8, 4) is 0 Å². The fourth-order valence-electron chi connectivity index (χ4n) is 0.892. The third-order valence-corrected chi connectivity index (χ3v) is 2.30. The van der Waals surface area contributed by atoms with E-state index in [9.17, 15) is 0 Å². The molecule has 0 atom stereocenters. The first-order valence-electron chi connectivity index (χ1n) is 4.47. The summed E-state index contributed by atoms with van der Waals surface area (Å²) in [5, 5.41) is 10.6. The number of anilines is 1. The van der Waals surface area contributed by atoms with Crippen molar-refractivity contribution in [2.75, 3.05) is 12.1 Å². The zero-order chi connectivity index (χ0) is 10.7. The Balaban J connectivity index is 2.76. The van der Waals surface area contributed by atoms with Crippen molar-refractivity contribution < 1.29 is 0 Å². The minimum absolute atomic E-state index is 0.246. The molecule has 0 aliphatic rings. The van der Waals surface area contributed by atoms with Gasteiger partial charge in [-0.2, -0.15) is 10.2 Å². The highest BCUT2D eigenvalue weighted by atomic mass is 35.5. The van der Waals surface area contributed by atoms with Crippen LogP contribution >= 0.6 is 11.6 Å². The van der Waals surface area contributed by atoms with Crippen LogP contribution in [0.4, 0.5) is 5.69 Å². The number of hydrogen-bond donors (Lipinski definition) is 0. The number of aryl methyl sites for hydroxylation is 1. The summed E-state index contributed by atoms with van der Waals surface area (Å²) in [6.07, 6.45) is 3.63. The van der Waals surface area contributed by atoms with Crippen molar-refractivity contribution in [3.63, 3.8) is 0 Å². The van der Waals surface area contributed by atoms with Crippen molar-refractivity contribution in [1.29, 1.82) is 0 Å². The molecule has 4 nitrogen and oxygen atoms in total. The number of halogens is 1. The van der Waals surface area contributed by atoms with E-state index < -0.39 is 0 Å². The van der Waals surface area contributed by atoms with E-state index in [0.29, 0.717) is 5.17 Å². The summed E-state index contributed by atoms with van der Waals surface area (Å²) < 4.78 is 1.73. The minimum atomic E-state index is 0.246. The van der Waals surface area contributed by atoms with Crippen molar-refractivity contribution in [2.24, 2.45) is 18.1 Å². The van der Waals surface area contributed by atoms with Gasteiger partial charge in [0, 0.05) is 26.2 Å². The summed E-state index contributed by atoms with van der Waals surface area (Å²) in [5.41, 5.74) is 0.923. The Kier molecular flexibility index (Phi) is 3.52. The first-order chi connectivity index (χ1) is 6.50. The minimum Gasteiger partial charge on any atom is -0.274 e. The Bertz CT molecular complexity index is 329. The smallest absolute Gasteiger partial charge is 0.129 e. The standard InChI is InChI=1S/C9H15ClN4/c1-7(2)9(10)12-14(4)8-5-11-13(3)6-8/h5-7H,1-4H3. The van der Waals surface area contributed by atoms with Gasteiger partial charge < -0.3 is 0 Å². The van der Waals surface area contributed by atoms with Crippen LogP contribution in [0.3, 0.4) is 0 Å². The molecule has 0 aliphatic heterocycles. The second-order valence-corrected chi connectivity index (χ2v) is 3.86. The lowest BCUT2D eigenvalue weighted by Gasteiger charge is -2.11. The van der Waals surface area contributed by atoms with Crippen LogP contribution in [0, 0.1) is 5.92 Å². The highest BCUT2D eigenvalue weighted by Gasteiger charge is 2.05. The zero-order valence-corrected chi connectivity index (χ0v) is 9.65. The summed E-state index contributed by atoms with van der Waals surface area (Å²) in [6, 6.07) is 0. The molecule has 0 spiro atoms. The molecule has 0 aliphatic carbocycles. The SMILES string of the molecule is CC(C)C(Cl)=NN(C)c1cnn(C)c1. The predicted octanol–water partition coefficient (Wildman–Crippen LogP) is 2.06. The molecule has 5 heteroatoms. The van der Waals surface area contributed by atoms with E-state index >= 15 is 0 Å². The quantitative estimate of drug-likeness (QED) is 0.570. The lowest BCUT2D eigenvalue weighted by atomic mass is 10.2. The van der Waals surface area contributed by atoms with Gasteiger partial charge >= 0.3 is 0 Å². The van der Waals surface area contributed by atoms with Gasteiger partial charge in [0.2, 0.25) is 0 Å². The summed E-state index contributed by atoms with van der Waals surface area (Å²) in [5.74, 6) is 0.246. The summed E-state index contributed by atoms with van der Waals surface area (Å²) >= 11 is 5.95. The number of hydrazone groups is 1. The van der Waals surface area contributed by atoms with Gasteiger partial charge in [0.05, 0.1) is 11.9 Å². The Morgan fingerprint density at radius 2 is 2.29 bits per heavy atom. The average Bonchev–Trinajstić information content (AvgIpc) is 2.51. The Morgan fingerprint density at radius 1 is 1.64 bits per heavy atom. The van der Waals surface area contributed by atoms with Gasteiger partial charge in [0.1, 0.15) is 5.17 Å². The second-order valence-electron chi connectivity index (χ2n) is 3.47. The van der Waals surface area contributed by atoms with Gasteiger partial charge in [-0.25, -0.2) is 0 Å². The first kappa shape index (κ1) is 11.0. The number of aromatic nitrogens is 2. The highest BCUT2D eigenvalue weighted by Crippen LogP contribution is 2.12. The summed E-state index contributed by atoms with van der Waals surface area (Å²) in [6.45, 7) is 4.01. The van der Waals surface area contributed by atoms with Gasteiger partial charge in [-0.05, 0) is 0 Å². The molecular weight excluding hydrogens is 200 g/mol. The fraction of sp³-hybridized carbons (Fsp3) is 0.556. The molecule has 1 aromatic heterocycles. The van der Waals surface area contributed by atoms with Crippen LogP contribution in [0.2, 0.25) is 0 Å². The van der Waals surface area contributed by atoms with Crippen molar-refractivity contribution in [2.45, 2.75) is 13.8 Å². The second kappa shape index (κ2) is 4.46. The lowest BCUT2D eigenvalue weighted by molar-refractivity contribution is 0.767. The molecule has 0 bridgehead atoms. The van der Waals surface area contributed by atoms with E-state index in [1.54, 1.807) is 15.9 Å². The summed E-state index contributed by atoms with van der Waals surface area (Å²) in [7, 11) is 3.72. The molecule has 14 heavy (non-hydrogen) atoms. The van der Waals surface area contributed by atoms with Crippen molar-refractivity contribution in [1.82, 2.24) is 9.78 Å². The van der Waals surface area contributed by atoms with Gasteiger partial charge in [-0.15, -0.1) is 0 Å². The molecule has 1 aromatic rings. The molecule has 1 rings (SSSR count). The first-order valence-corrected chi connectivity index (χ1v) is 4.85. The Hall–Kier alpha value is -1.03. The average molecular weight is 215 g/mol. The van der Waals surface area contributed by atoms with E-state index in [2.05, 4.69) is 10.2 Å². The molecule has 0 aromatic carbocycles. The van der Waals surface area contributed by atoms with Crippen molar-refractivity contribution >= 4 is 22.5 Å². The Labute approximate surface area is 89.2 Å². The third kappa shape index (κ3) is 2.73. The van der Waals surface area contributed by atoms with Gasteiger partial charge in [0.25, 0.3) is 0 Å². The monoisotopic (exact) mass is 214 g/mol. The van der Waals surface area contributed by atoms with Crippen LogP contribution in [-0.4, -0.2) is 22.0 Å². The zero-order valence-electron chi connectivity index (χ0n) is 8.90.